The molecule has 0 aliphatic carbocycles. The minimum Gasteiger partial charge on any atom is -0.496 e. The third-order valence-electron chi connectivity index (χ3n) is 4.16. The van der Waals surface area contributed by atoms with Gasteiger partial charge in [-0.2, -0.15) is 0 Å². The standard InChI is InChI=1S/C20H20N2O3/c1-3-14-7-9-15(10-8-14)21-19(23)13-22-12-11-16-17(20(22)24)5-4-6-18(16)25-2/h4-12H,3,13H2,1-2H3,(H,21,23). The SMILES string of the molecule is CCc1ccc(NC(=O)Cn2ccc3c(OC)cccc3c2=O)cc1. The van der Waals surface area contributed by atoms with Crippen molar-refractivity contribution < 1.29 is 9.53 Å². The van der Waals surface area contributed by atoms with Gasteiger partial charge in [-0.25, -0.2) is 0 Å². The van der Waals surface area contributed by atoms with Gasteiger partial charge in [0, 0.05) is 17.3 Å². The number of nitrogens with one attached hydrogen (secondary N) is 1. The minimum atomic E-state index is -0.242. The number of aryl methyl sites for hydroxylation is 1. The molecule has 5 nitrogen and oxygen atoms in total. The Morgan fingerprint density at radius 1 is 1.08 bits per heavy atom. The van der Waals surface area contributed by atoms with Crippen LogP contribution >= 0.6 is 0 Å². The van der Waals surface area contributed by atoms with E-state index < -0.39 is 0 Å². The van der Waals surface area contributed by atoms with Crippen molar-refractivity contribution in [3.63, 3.8) is 0 Å². The van der Waals surface area contributed by atoms with E-state index in [1.54, 1.807) is 37.6 Å². The van der Waals surface area contributed by atoms with E-state index in [1.165, 1.54) is 10.1 Å². The number of carbonyl (C=O) groups is 1. The van der Waals surface area contributed by atoms with Crippen molar-refractivity contribution in [1.29, 1.82) is 0 Å². The van der Waals surface area contributed by atoms with Gasteiger partial charge in [-0.1, -0.05) is 25.1 Å². The number of fused-ring (bicyclic) bond motifs is 1. The third-order valence-corrected chi connectivity index (χ3v) is 4.16. The van der Waals surface area contributed by atoms with E-state index in [0.29, 0.717) is 11.1 Å². The van der Waals surface area contributed by atoms with Crippen LogP contribution in [0.1, 0.15) is 12.5 Å². The highest BCUT2D eigenvalue weighted by Crippen LogP contribution is 2.22. The van der Waals surface area contributed by atoms with Gasteiger partial charge in [0.2, 0.25) is 5.91 Å². The number of hydrogen-bond acceptors (Lipinski definition) is 3. The first kappa shape index (κ1) is 16.8. The number of benzene rings is 2. The number of anilines is 1. The van der Waals surface area contributed by atoms with Crippen LogP contribution in [0.4, 0.5) is 5.69 Å². The quantitative estimate of drug-likeness (QED) is 0.778. The van der Waals surface area contributed by atoms with E-state index in [0.717, 1.165) is 17.5 Å². The molecule has 1 amide bonds. The van der Waals surface area contributed by atoms with Gasteiger partial charge in [-0.05, 0) is 42.3 Å². The van der Waals surface area contributed by atoms with Gasteiger partial charge >= 0.3 is 0 Å². The van der Waals surface area contributed by atoms with Crippen molar-refractivity contribution >= 4 is 22.4 Å². The van der Waals surface area contributed by atoms with Crippen molar-refractivity contribution in [1.82, 2.24) is 4.57 Å². The number of hydrogen-bond donors (Lipinski definition) is 1. The number of rotatable bonds is 5. The maximum absolute atomic E-state index is 12.6. The molecule has 0 atom stereocenters. The number of pyridine rings is 1. The Labute approximate surface area is 145 Å². The van der Waals surface area contributed by atoms with Crippen LogP contribution in [0.5, 0.6) is 5.75 Å². The number of methoxy groups -OCH3 is 1. The number of carbonyl (C=O) groups excluding carboxylic acids is 1. The molecule has 0 radical (unpaired) electrons. The minimum absolute atomic E-state index is 0.0402. The molecular formula is C20H20N2O3. The summed E-state index contributed by atoms with van der Waals surface area (Å²) in [6.45, 7) is 2.04. The van der Waals surface area contributed by atoms with Crippen LogP contribution in [-0.4, -0.2) is 17.6 Å². The van der Waals surface area contributed by atoms with Gasteiger partial charge in [-0.15, -0.1) is 0 Å². The summed E-state index contributed by atoms with van der Waals surface area (Å²) < 4.78 is 6.67. The third kappa shape index (κ3) is 3.55. The normalized spacial score (nSPS) is 10.6. The highest BCUT2D eigenvalue weighted by Gasteiger charge is 2.10. The summed E-state index contributed by atoms with van der Waals surface area (Å²) in [4.78, 5) is 24.8. The van der Waals surface area contributed by atoms with Crippen LogP contribution in [0.3, 0.4) is 0 Å². The Balaban J connectivity index is 1.81. The first-order valence-electron chi connectivity index (χ1n) is 8.17. The summed E-state index contributed by atoms with van der Waals surface area (Å²) in [6.07, 6.45) is 2.57. The Morgan fingerprint density at radius 3 is 2.52 bits per heavy atom. The highest BCUT2D eigenvalue weighted by molar-refractivity contribution is 5.91. The summed E-state index contributed by atoms with van der Waals surface area (Å²) in [5, 5.41) is 4.08. The van der Waals surface area contributed by atoms with Crippen molar-refractivity contribution in [3.05, 3.63) is 70.6 Å². The van der Waals surface area contributed by atoms with Crippen LogP contribution < -0.4 is 15.6 Å². The molecule has 0 spiro atoms. The summed E-state index contributed by atoms with van der Waals surface area (Å²) in [5.74, 6) is 0.399. The molecular weight excluding hydrogens is 316 g/mol. The van der Waals surface area contributed by atoms with Gasteiger partial charge in [0.15, 0.2) is 0 Å². The maximum atomic E-state index is 12.6. The molecule has 1 aromatic heterocycles. The molecule has 3 rings (SSSR count). The van der Waals surface area contributed by atoms with E-state index >= 15 is 0 Å². The lowest BCUT2D eigenvalue weighted by Gasteiger charge is -2.10. The van der Waals surface area contributed by atoms with Gasteiger partial charge in [-0.3, -0.25) is 9.59 Å². The maximum Gasteiger partial charge on any atom is 0.259 e. The van der Waals surface area contributed by atoms with Crippen LogP contribution in [0, 0.1) is 0 Å². The zero-order chi connectivity index (χ0) is 17.8. The monoisotopic (exact) mass is 336 g/mol. The lowest BCUT2D eigenvalue weighted by Crippen LogP contribution is -2.27. The molecule has 0 aliphatic rings. The lowest BCUT2D eigenvalue weighted by molar-refractivity contribution is -0.116. The topological polar surface area (TPSA) is 60.3 Å². The Kier molecular flexibility index (Phi) is 4.84. The van der Waals surface area contributed by atoms with E-state index in [-0.39, 0.29) is 18.0 Å². The first-order chi connectivity index (χ1) is 12.1. The Morgan fingerprint density at radius 2 is 1.84 bits per heavy atom. The van der Waals surface area contributed by atoms with Crippen LogP contribution in [0.25, 0.3) is 10.8 Å². The second-order valence-electron chi connectivity index (χ2n) is 5.77. The van der Waals surface area contributed by atoms with Crippen molar-refractivity contribution in [3.8, 4) is 5.75 Å². The predicted molar refractivity (Wildman–Crippen MR) is 99.2 cm³/mol. The molecule has 0 saturated carbocycles. The van der Waals surface area contributed by atoms with E-state index in [2.05, 4.69) is 12.2 Å². The van der Waals surface area contributed by atoms with E-state index in [1.807, 2.05) is 24.3 Å². The average Bonchev–Trinajstić information content (AvgIpc) is 2.64. The molecule has 25 heavy (non-hydrogen) atoms. The molecule has 0 fully saturated rings. The highest BCUT2D eigenvalue weighted by atomic mass is 16.5. The predicted octanol–water partition coefficient (Wildman–Crippen LogP) is 3.21. The van der Waals surface area contributed by atoms with Crippen LogP contribution in [0.15, 0.2) is 59.5 Å². The fourth-order valence-corrected chi connectivity index (χ4v) is 2.77. The summed E-state index contributed by atoms with van der Waals surface area (Å²) in [7, 11) is 1.57. The molecule has 2 aromatic carbocycles. The van der Waals surface area contributed by atoms with Gasteiger partial charge in [0.25, 0.3) is 5.56 Å². The Hall–Kier alpha value is -3.08. The number of ether oxygens (including phenoxy) is 1. The molecule has 0 aliphatic heterocycles. The van der Waals surface area contributed by atoms with E-state index in [4.69, 9.17) is 4.74 Å². The van der Waals surface area contributed by atoms with Crippen molar-refractivity contribution in [2.45, 2.75) is 19.9 Å². The van der Waals surface area contributed by atoms with Crippen LogP contribution in [-0.2, 0) is 17.8 Å². The van der Waals surface area contributed by atoms with E-state index in [9.17, 15) is 9.59 Å². The second kappa shape index (κ2) is 7.21. The number of amides is 1. The summed E-state index contributed by atoms with van der Waals surface area (Å²) in [6, 6.07) is 14.8. The molecule has 3 aromatic rings. The molecule has 0 saturated heterocycles. The zero-order valence-electron chi connectivity index (χ0n) is 14.3. The van der Waals surface area contributed by atoms with Crippen molar-refractivity contribution in [2.75, 3.05) is 12.4 Å². The van der Waals surface area contributed by atoms with Gasteiger partial charge in [0.1, 0.15) is 12.3 Å². The fraction of sp³-hybridized carbons (Fsp3) is 0.200. The first-order valence-corrected chi connectivity index (χ1v) is 8.17. The zero-order valence-corrected chi connectivity index (χ0v) is 14.3. The molecule has 1 heterocycles. The molecule has 5 heteroatoms. The summed E-state index contributed by atoms with van der Waals surface area (Å²) in [5.41, 5.74) is 1.71. The van der Waals surface area contributed by atoms with Gasteiger partial charge in [0.05, 0.1) is 12.5 Å². The fourth-order valence-electron chi connectivity index (χ4n) is 2.77. The largest absolute Gasteiger partial charge is 0.496 e. The smallest absolute Gasteiger partial charge is 0.259 e. The molecule has 128 valence electrons. The number of nitrogens with zero attached hydrogens (tertiary/aromatic N) is 1. The second-order valence-corrected chi connectivity index (χ2v) is 5.77. The Bertz CT molecular complexity index is 959. The van der Waals surface area contributed by atoms with Crippen molar-refractivity contribution in [2.24, 2.45) is 0 Å². The average molecular weight is 336 g/mol. The molecule has 0 unspecified atom stereocenters. The van der Waals surface area contributed by atoms with Crippen LogP contribution in [0.2, 0.25) is 0 Å². The summed E-state index contributed by atoms with van der Waals surface area (Å²) >= 11 is 0. The lowest BCUT2D eigenvalue weighted by atomic mass is 10.1. The number of aromatic nitrogens is 1. The molecule has 0 bridgehead atoms. The molecule has 1 N–H and O–H groups in total. The van der Waals surface area contributed by atoms with Gasteiger partial charge < -0.3 is 14.6 Å².